The van der Waals surface area contributed by atoms with Crippen LogP contribution in [0.2, 0.25) is 0 Å². The first-order valence-corrected chi connectivity index (χ1v) is 13.0. The molecule has 0 rings (SSSR count). The van der Waals surface area contributed by atoms with Gasteiger partial charge in [0.2, 0.25) is 0 Å². The van der Waals surface area contributed by atoms with Crippen molar-refractivity contribution in [3.8, 4) is 0 Å². The van der Waals surface area contributed by atoms with Crippen LogP contribution in [0.25, 0.3) is 0 Å². The summed E-state index contributed by atoms with van der Waals surface area (Å²) in [5.74, 6) is -102. The van der Waals surface area contributed by atoms with Crippen LogP contribution >= 0.6 is 0 Å². The summed E-state index contributed by atoms with van der Waals surface area (Å²) in [6, 6.07) is 0. The van der Waals surface area contributed by atoms with E-state index >= 15 is 0 Å². The molecule has 0 aromatic heterocycles. The molecule has 33 heteroatoms. The fraction of sp³-hybridized carbons (Fsp3) is 0.870. The van der Waals surface area contributed by atoms with Gasteiger partial charge in [-0.3, -0.25) is 0 Å². The molecule has 0 heterocycles. The van der Waals surface area contributed by atoms with E-state index in [0.717, 1.165) is 0 Å². The van der Waals surface area contributed by atoms with E-state index in [1.165, 1.54) is 0 Å². The normalized spacial score (nSPS) is 16.6. The highest BCUT2D eigenvalue weighted by Gasteiger charge is 2.94. The second kappa shape index (κ2) is 14.7. The zero-order chi connectivity index (χ0) is 46.0. The number of alkyl halides is 30. The van der Waals surface area contributed by atoms with Gasteiger partial charge in [-0.15, -0.1) is 0 Å². The van der Waals surface area contributed by atoms with Gasteiger partial charge in [-0.2, -0.15) is 132 Å². The molecule has 0 saturated carbocycles. The Bertz CT molecular complexity index is 1400. The van der Waals surface area contributed by atoms with Crippen LogP contribution < -0.4 is 0 Å². The lowest BCUT2D eigenvalue weighted by Gasteiger charge is -2.42. The Morgan fingerprint density at radius 1 is 0.446 bits per heavy atom. The molecular formula is C23H14F30O3. The molecule has 0 saturated heterocycles. The summed E-state index contributed by atoms with van der Waals surface area (Å²) in [6.07, 6.45) is -26.8. The Balaban J connectivity index is 6.63. The van der Waals surface area contributed by atoms with Crippen molar-refractivity contribution >= 4 is 5.97 Å². The summed E-state index contributed by atoms with van der Waals surface area (Å²) in [7, 11) is 0. The van der Waals surface area contributed by atoms with E-state index in [2.05, 4.69) is 16.1 Å². The molecule has 0 aromatic carbocycles. The van der Waals surface area contributed by atoms with E-state index in [1.54, 1.807) is 0 Å². The second-order valence-corrected chi connectivity index (χ2v) is 11.0. The van der Waals surface area contributed by atoms with Crippen molar-refractivity contribution in [2.24, 2.45) is 0 Å². The van der Waals surface area contributed by atoms with Crippen LogP contribution in [0, 0.1) is 0 Å². The van der Waals surface area contributed by atoms with Crippen molar-refractivity contribution in [2.45, 2.75) is 109 Å². The maximum absolute atomic E-state index is 14.4. The Hall–Kier alpha value is -2.93. The van der Waals surface area contributed by atoms with Crippen LogP contribution in [0.1, 0.15) is 19.8 Å². The number of hydrogen-bond acceptors (Lipinski definition) is 3. The molecule has 1 atom stereocenters. The first-order chi connectivity index (χ1) is 23.9. The Morgan fingerprint density at radius 2 is 0.714 bits per heavy atom. The highest BCUT2D eigenvalue weighted by atomic mass is 19.4. The molecule has 0 radical (unpaired) electrons. The van der Waals surface area contributed by atoms with Crippen molar-refractivity contribution in [2.75, 3.05) is 13.2 Å². The monoisotopic (exact) mass is 908 g/mol. The third-order valence-corrected chi connectivity index (χ3v) is 6.76. The summed E-state index contributed by atoms with van der Waals surface area (Å²) in [4.78, 5) is 11.6. The standard InChI is InChI=1S/C23H14F30O3/c1-7(2)9(54)56-8(5-11(26,27)13(30,31)15(34,35)17(38,39)19(42,43)21(46,47)23(51,52)53)6-55-4-3-10(24,25)12(28,29)14(32,33)16(36,37)18(40,41)20(44,45)22(48,49)50/h8H,1,3-6H2,2H3. The molecule has 0 fully saturated rings. The minimum atomic E-state index is -8.84. The van der Waals surface area contributed by atoms with Gasteiger partial charge in [-0.05, 0) is 6.92 Å². The van der Waals surface area contributed by atoms with Crippen LogP contribution in [0.5, 0.6) is 0 Å². The van der Waals surface area contributed by atoms with Gasteiger partial charge in [-0.1, -0.05) is 6.58 Å². The average molecular weight is 908 g/mol. The van der Waals surface area contributed by atoms with Gasteiger partial charge >= 0.3 is 89.4 Å². The minimum absolute atomic E-state index is 0.456. The molecule has 0 aliphatic rings. The Morgan fingerprint density at radius 3 is 1.00 bits per heavy atom. The molecule has 0 aliphatic heterocycles. The van der Waals surface area contributed by atoms with E-state index < -0.39 is 127 Å². The quantitative estimate of drug-likeness (QED) is 0.0561. The van der Waals surface area contributed by atoms with Gasteiger partial charge in [0.25, 0.3) is 0 Å². The van der Waals surface area contributed by atoms with Crippen molar-refractivity contribution in [1.82, 2.24) is 0 Å². The maximum Gasteiger partial charge on any atom is 0.460 e. The van der Waals surface area contributed by atoms with Crippen LogP contribution in [0.15, 0.2) is 12.2 Å². The lowest BCUT2D eigenvalue weighted by atomic mass is 9.89. The van der Waals surface area contributed by atoms with Gasteiger partial charge in [-0.25, -0.2) is 4.79 Å². The average Bonchev–Trinajstić information content (AvgIpc) is 2.96. The van der Waals surface area contributed by atoms with Crippen molar-refractivity contribution in [3.63, 3.8) is 0 Å². The predicted molar refractivity (Wildman–Crippen MR) is 116 cm³/mol. The second-order valence-electron chi connectivity index (χ2n) is 11.0. The molecule has 0 amide bonds. The summed E-state index contributed by atoms with van der Waals surface area (Å²) in [5, 5.41) is 0. The highest BCUT2D eigenvalue weighted by Crippen LogP contribution is 2.64. The van der Waals surface area contributed by atoms with Crippen LogP contribution in [0.3, 0.4) is 0 Å². The van der Waals surface area contributed by atoms with E-state index in [9.17, 15) is 137 Å². The van der Waals surface area contributed by atoms with Crippen LogP contribution in [0.4, 0.5) is 132 Å². The molecule has 1 unspecified atom stereocenters. The zero-order valence-electron chi connectivity index (χ0n) is 25.7. The molecule has 0 aliphatic carbocycles. The molecule has 56 heavy (non-hydrogen) atoms. The van der Waals surface area contributed by atoms with Gasteiger partial charge < -0.3 is 9.47 Å². The molecule has 3 nitrogen and oxygen atoms in total. The molecule has 0 N–H and O–H groups in total. The van der Waals surface area contributed by atoms with Crippen molar-refractivity contribution < 1.29 is 146 Å². The lowest BCUT2D eigenvalue weighted by molar-refractivity contribution is -0.453. The molecular weight excluding hydrogens is 894 g/mol. The summed E-state index contributed by atoms with van der Waals surface area (Å²) in [5.41, 5.74) is -1.13. The number of rotatable bonds is 19. The first kappa shape index (κ1) is 53.1. The lowest BCUT2D eigenvalue weighted by Crippen LogP contribution is -2.72. The van der Waals surface area contributed by atoms with E-state index in [-0.39, 0.29) is 0 Å². The number of carbonyl (C=O) groups excluding carboxylic acids is 1. The molecule has 334 valence electrons. The number of hydrogen-bond donors (Lipinski definition) is 0. The van der Waals surface area contributed by atoms with Crippen molar-refractivity contribution in [3.05, 3.63) is 12.2 Å². The summed E-state index contributed by atoms with van der Waals surface area (Å²) >= 11 is 0. The van der Waals surface area contributed by atoms with Gasteiger partial charge in [0.05, 0.1) is 19.6 Å². The minimum Gasteiger partial charge on any atom is -0.456 e. The van der Waals surface area contributed by atoms with Crippen LogP contribution in [-0.4, -0.2) is 109 Å². The fourth-order valence-electron chi connectivity index (χ4n) is 3.37. The third-order valence-electron chi connectivity index (χ3n) is 6.76. The zero-order valence-corrected chi connectivity index (χ0v) is 25.7. The van der Waals surface area contributed by atoms with E-state index in [0.29, 0.717) is 6.92 Å². The number of esters is 1. The van der Waals surface area contributed by atoms with Gasteiger partial charge in [0.15, 0.2) is 0 Å². The third kappa shape index (κ3) is 8.06. The SMILES string of the molecule is C=C(C)C(=O)OC(COCCC(F)(F)C(F)(F)C(F)(F)C(F)(F)C(F)(F)C(F)(F)C(F)(F)F)CC(F)(F)C(F)(F)C(F)(F)C(F)(F)C(F)(F)C(F)(F)C(F)(F)F. The summed E-state index contributed by atoms with van der Waals surface area (Å²) in [6.45, 7) is -2.17. The predicted octanol–water partition coefficient (Wildman–Crippen LogP) is 11.0. The number of ether oxygens (including phenoxy) is 2. The van der Waals surface area contributed by atoms with E-state index in [1.807, 2.05) is 0 Å². The summed E-state index contributed by atoms with van der Waals surface area (Å²) < 4.78 is 408. The fourth-order valence-corrected chi connectivity index (χ4v) is 3.37. The Kier molecular flexibility index (Phi) is 13.9. The largest absolute Gasteiger partial charge is 0.460 e. The Labute approximate surface area is 287 Å². The number of carbonyl (C=O) groups is 1. The molecule has 0 bridgehead atoms. The maximum atomic E-state index is 14.4. The smallest absolute Gasteiger partial charge is 0.456 e. The van der Waals surface area contributed by atoms with Gasteiger partial charge in [0, 0.05) is 12.0 Å². The highest BCUT2D eigenvalue weighted by molar-refractivity contribution is 5.87. The number of halogens is 30. The van der Waals surface area contributed by atoms with Crippen molar-refractivity contribution in [1.29, 1.82) is 0 Å². The topological polar surface area (TPSA) is 35.5 Å². The molecule has 0 aromatic rings. The van der Waals surface area contributed by atoms with Crippen LogP contribution in [-0.2, 0) is 14.3 Å². The van der Waals surface area contributed by atoms with Gasteiger partial charge in [0.1, 0.15) is 6.10 Å². The van der Waals surface area contributed by atoms with E-state index in [4.69, 9.17) is 0 Å². The molecule has 0 spiro atoms. The first-order valence-electron chi connectivity index (χ1n) is 13.0.